The Balaban J connectivity index is 2.00. The van der Waals surface area contributed by atoms with E-state index in [1.54, 1.807) is 36.4 Å². The second-order valence-corrected chi connectivity index (χ2v) is 7.96. The molecule has 6 heteroatoms. The summed E-state index contributed by atoms with van der Waals surface area (Å²) in [5.41, 5.74) is 6.59. The standard InChI is InChI=1S/C24H23ClFN3O/c1-15(2)12-16(3)28-29-24(30)19-13-22(17-4-8-20(25)9-5-17)27-23(14-19)18-6-10-21(26)11-7-18/h4-11,13-15H,12H2,1-3H3,(H,29,30)/b28-16-. The molecule has 30 heavy (non-hydrogen) atoms. The largest absolute Gasteiger partial charge is 0.271 e. The van der Waals surface area contributed by atoms with E-state index in [2.05, 4.69) is 29.4 Å². The molecule has 0 aliphatic carbocycles. The van der Waals surface area contributed by atoms with Crippen molar-refractivity contribution in [1.29, 1.82) is 0 Å². The smallest absolute Gasteiger partial charge is 0.267 e. The Labute approximate surface area is 180 Å². The number of carbonyl (C=O) groups is 1. The fourth-order valence-electron chi connectivity index (χ4n) is 3.05. The van der Waals surface area contributed by atoms with Crippen LogP contribution in [0, 0.1) is 11.7 Å². The number of carbonyl (C=O) groups excluding carboxylic acids is 1. The van der Waals surface area contributed by atoms with Gasteiger partial charge in [-0.25, -0.2) is 14.8 Å². The van der Waals surface area contributed by atoms with Crippen LogP contribution in [0.25, 0.3) is 22.5 Å². The Kier molecular flexibility index (Phi) is 6.95. The summed E-state index contributed by atoms with van der Waals surface area (Å²) in [6.07, 6.45) is 0.799. The molecule has 0 aliphatic heterocycles. The molecule has 2 aromatic carbocycles. The maximum Gasteiger partial charge on any atom is 0.271 e. The van der Waals surface area contributed by atoms with Gasteiger partial charge in [0.15, 0.2) is 0 Å². The fourth-order valence-corrected chi connectivity index (χ4v) is 3.17. The minimum Gasteiger partial charge on any atom is -0.267 e. The van der Waals surface area contributed by atoms with Crippen LogP contribution in [0.15, 0.2) is 65.8 Å². The molecule has 0 spiro atoms. The zero-order valence-corrected chi connectivity index (χ0v) is 17.9. The Morgan fingerprint density at radius 1 is 1.03 bits per heavy atom. The quantitative estimate of drug-likeness (QED) is 0.370. The molecule has 0 atom stereocenters. The van der Waals surface area contributed by atoms with Crippen LogP contribution >= 0.6 is 11.6 Å². The molecule has 0 fully saturated rings. The van der Waals surface area contributed by atoms with Crippen molar-refractivity contribution in [3.63, 3.8) is 0 Å². The third kappa shape index (κ3) is 5.74. The van der Waals surface area contributed by atoms with Gasteiger partial charge in [0.05, 0.1) is 11.4 Å². The maximum absolute atomic E-state index is 13.3. The number of aromatic nitrogens is 1. The van der Waals surface area contributed by atoms with Gasteiger partial charge in [0.2, 0.25) is 0 Å². The van der Waals surface area contributed by atoms with Gasteiger partial charge in [0.25, 0.3) is 5.91 Å². The highest BCUT2D eigenvalue weighted by molar-refractivity contribution is 6.30. The molecule has 3 rings (SSSR count). The monoisotopic (exact) mass is 423 g/mol. The Morgan fingerprint density at radius 2 is 1.57 bits per heavy atom. The van der Waals surface area contributed by atoms with E-state index < -0.39 is 0 Å². The van der Waals surface area contributed by atoms with Crippen molar-refractivity contribution < 1.29 is 9.18 Å². The summed E-state index contributed by atoms with van der Waals surface area (Å²) in [6.45, 7) is 6.07. The van der Waals surface area contributed by atoms with Crippen LogP contribution in [0.4, 0.5) is 4.39 Å². The summed E-state index contributed by atoms with van der Waals surface area (Å²) in [5, 5.41) is 4.81. The molecule has 1 aromatic heterocycles. The highest BCUT2D eigenvalue weighted by Gasteiger charge is 2.13. The lowest BCUT2D eigenvalue weighted by Gasteiger charge is -2.10. The van der Waals surface area contributed by atoms with Crippen molar-refractivity contribution in [2.24, 2.45) is 11.0 Å². The number of hydrogen-bond acceptors (Lipinski definition) is 3. The predicted molar refractivity (Wildman–Crippen MR) is 120 cm³/mol. The maximum atomic E-state index is 13.3. The second-order valence-electron chi connectivity index (χ2n) is 7.53. The van der Waals surface area contributed by atoms with E-state index in [0.717, 1.165) is 17.7 Å². The van der Waals surface area contributed by atoms with E-state index in [1.165, 1.54) is 12.1 Å². The molecule has 154 valence electrons. The average molecular weight is 424 g/mol. The first-order valence-corrected chi connectivity index (χ1v) is 10.1. The topological polar surface area (TPSA) is 54.4 Å². The number of halogens is 2. The minimum absolute atomic E-state index is 0.333. The zero-order valence-electron chi connectivity index (χ0n) is 17.1. The van der Waals surface area contributed by atoms with Crippen molar-refractivity contribution in [3.8, 4) is 22.5 Å². The molecular formula is C24H23ClFN3O. The number of rotatable bonds is 6. The van der Waals surface area contributed by atoms with Gasteiger partial charge in [-0.05, 0) is 67.8 Å². The zero-order chi connectivity index (χ0) is 21.7. The molecule has 0 saturated heterocycles. The van der Waals surface area contributed by atoms with Crippen molar-refractivity contribution >= 4 is 23.2 Å². The van der Waals surface area contributed by atoms with Gasteiger partial charge in [-0.2, -0.15) is 5.10 Å². The summed E-state index contributed by atoms with van der Waals surface area (Å²) < 4.78 is 13.3. The number of nitrogens with zero attached hydrogens (tertiary/aromatic N) is 2. The van der Waals surface area contributed by atoms with Crippen LogP contribution in [0.3, 0.4) is 0 Å². The molecule has 0 bridgehead atoms. The van der Waals surface area contributed by atoms with Crippen LogP contribution in [0.2, 0.25) is 5.02 Å². The highest BCUT2D eigenvalue weighted by Crippen LogP contribution is 2.26. The summed E-state index contributed by atoms with van der Waals surface area (Å²) in [5.74, 6) is -0.215. The molecule has 0 aliphatic rings. The molecule has 4 nitrogen and oxygen atoms in total. The summed E-state index contributed by atoms with van der Waals surface area (Å²) >= 11 is 5.99. The van der Waals surface area contributed by atoms with Crippen molar-refractivity contribution in [3.05, 3.63) is 77.1 Å². The average Bonchev–Trinajstić information content (AvgIpc) is 2.72. The van der Waals surface area contributed by atoms with Gasteiger partial charge in [-0.15, -0.1) is 0 Å². The second kappa shape index (κ2) is 9.63. The van der Waals surface area contributed by atoms with Crippen LogP contribution in [0.1, 0.15) is 37.6 Å². The molecular weight excluding hydrogens is 401 g/mol. The Morgan fingerprint density at radius 3 is 2.10 bits per heavy atom. The number of pyridine rings is 1. The molecule has 0 saturated carbocycles. The van der Waals surface area contributed by atoms with E-state index in [4.69, 9.17) is 11.6 Å². The van der Waals surface area contributed by atoms with Gasteiger partial charge in [0.1, 0.15) is 5.82 Å². The van der Waals surface area contributed by atoms with Crippen molar-refractivity contribution in [2.45, 2.75) is 27.2 Å². The normalized spacial score (nSPS) is 11.6. The molecule has 0 radical (unpaired) electrons. The van der Waals surface area contributed by atoms with Crippen molar-refractivity contribution in [2.75, 3.05) is 0 Å². The van der Waals surface area contributed by atoms with E-state index in [9.17, 15) is 9.18 Å². The Bertz CT molecular complexity index is 997. The first kappa shape index (κ1) is 21.7. The molecule has 3 aromatic rings. The number of nitrogens with one attached hydrogen (secondary N) is 1. The van der Waals surface area contributed by atoms with E-state index in [0.29, 0.717) is 33.5 Å². The number of hydrogen-bond donors (Lipinski definition) is 1. The van der Waals surface area contributed by atoms with E-state index >= 15 is 0 Å². The molecule has 1 amide bonds. The number of benzene rings is 2. The van der Waals surface area contributed by atoms with Crippen LogP contribution in [-0.2, 0) is 0 Å². The van der Waals surface area contributed by atoms with Gasteiger partial charge in [0, 0.05) is 27.4 Å². The van der Waals surface area contributed by atoms with Gasteiger partial charge < -0.3 is 0 Å². The van der Waals surface area contributed by atoms with Crippen LogP contribution in [0.5, 0.6) is 0 Å². The van der Waals surface area contributed by atoms with Gasteiger partial charge in [-0.1, -0.05) is 37.6 Å². The van der Waals surface area contributed by atoms with Gasteiger partial charge in [-0.3, -0.25) is 4.79 Å². The summed E-state index contributed by atoms with van der Waals surface area (Å²) in [4.78, 5) is 17.5. The third-order valence-corrected chi connectivity index (χ3v) is 4.67. The van der Waals surface area contributed by atoms with Crippen molar-refractivity contribution in [1.82, 2.24) is 10.4 Å². The lowest BCUT2D eigenvalue weighted by molar-refractivity contribution is 0.0954. The lowest BCUT2D eigenvalue weighted by atomic mass is 10.0. The molecule has 1 heterocycles. The molecule has 0 unspecified atom stereocenters. The SMILES string of the molecule is C/C(CC(C)C)=N/NC(=O)c1cc(-c2ccc(F)cc2)nc(-c2ccc(Cl)cc2)c1. The Hall–Kier alpha value is -3.05. The third-order valence-electron chi connectivity index (χ3n) is 4.42. The van der Waals surface area contributed by atoms with E-state index in [-0.39, 0.29) is 11.7 Å². The number of amides is 1. The summed E-state index contributed by atoms with van der Waals surface area (Å²) in [6, 6.07) is 16.6. The highest BCUT2D eigenvalue weighted by atomic mass is 35.5. The first-order chi connectivity index (χ1) is 14.3. The lowest BCUT2D eigenvalue weighted by Crippen LogP contribution is -2.20. The first-order valence-electron chi connectivity index (χ1n) is 9.69. The predicted octanol–water partition coefficient (Wildman–Crippen LogP) is 6.36. The van der Waals surface area contributed by atoms with Crippen LogP contribution < -0.4 is 5.43 Å². The van der Waals surface area contributed by atoms with Gasteiger partial charge >= 0.3 is 0 Å². The minimum atomic E-state index is -0.334. The van der Waals surface area contributed by atoms with Crippen LogP contribution in [-0.4, -0.2) is 16.6 Å². The molecule has 1 N–H and O–H groups in total. The van der Waals surface area contributed by atoms with E-state index in [1.807, 2.05) is 19.1 Å². The fraction of sp³-hybridized carbons (Fsp3) is 0.208. The summed E-state index contributed by atoms with van der Waals surface area (Å²) in [7, 11) is 0. The number of hydrazone groups is 1.